The van der Waals surface area contributed by atoms with Crippen LogP contribution in [0, 0.1) is 6.92 Å². The third-order valence-corrected chi connectivity index (χ3v) is 5.55. The Bertz CT molecular complexity index is 517. The van der Waals surface area contributed by atoms with Crippen molar-refractivity contribution in [3.63, 3.8) is 0 Å². The van der Waals surface area contributed by atoms with Crippen LogP contribution >= 0.6 is 11.3 Å². The van der Waals surface area contributed by atoms with Gasteiger partial charge in [0.15, 0.2) is 0 Å². The van der Waals surface area contributed by atoms with Crippen molar-refractivity contribution in [2.75, 3.05) is 6.54 Å². The van der Waals surface area contributed by atoms with Crippen molar-refractivity contribution in [3.8, 4) is 0 Å². The van der Waals surface area contributed by atoms with E-state index in [0.717, 1.165) is 6.54 Å². The van der Waals surface area contributed by atoms with Crippen LogP contribution in [0.15, 0.2) is 24.3 Å². The van der Waals surface area contributed by atoms with E-state index in [1.54, 1.807) is 4.88 Å². The van der Waals surface area contributed by atoms with Gasteiger partial charge in [0, 0.05) is 21.5 Å². The third kappa shape index (κ3) is 1.26. The van der Waals surface area contributed by atoms with Crippen molar-refractivity contribution >= 4 is 21.4 Å². The smallest absolute Gasteiger partial charge is 0.0348 e. The SMILES string of the molecule is Cc1c(C2(CN)CCC2)sc2ccccc12. The summed E-state index contributed by atoms with van der Waals surface area (Å²) in [6, 6.07) is 8.70. The summed E-state index contributed by atoms with van der Waals surface area (Å²) in [5, 5.41) is 1.42. The Balaban J connectivity index is 2.20. The van der Waals surface area contributed by atoms with Gasteiger partial charge in [-0.2, -0.15) is 0 Å². The standard InChI is InChI=1S/C14H17NS/c1-10-11-5-2-3-6-12(11)16-13(10)14(9-15)7-4-8-14/h2-3,5-6H,4,7-9,15H2,1H3. The summed E-state index contributed by atoms with van der Waals surface area (Å²) in [4.78, 5) is 1.54. The van der Waals surface area contributed by atoms with E-state index in [-0.39, 0.29) is 0 Å². The molecule has 1 aromatic heterocycles. The molecule has 1 aliphatic rings. The number of fused-ring (bicyclic) bond motifs is 1. The van der Waals surface area contributed by atoms with E-state index in [4.69, 9.17) is 5.73 Å². The molecule has 1 fully saturated rings. The van der Waals surface area contributed by atoms with Gasteiger partial charge in [-0.15, -0.1) is 11.3 Å². The topological polar surface area (TPSA) is 26.0 Å². The van der Waals surface area contributed by atoms with E-state index in [0.29, 0.717) is 5.41 Å². The van der Waals surface area contributed by atoms with E-state index >= 15 is 0 Å². The average molecular weight is 231 g/mol. The highest BCUT2D eigenvalue weighted by Crippen LogP contribution is 2.48. The quantitative estimate of drug-likeness (QED) is 0.840. The number of hydrogen-bond acceptors (Lipinski definition) is 2. The minimum absolute atomic E-state index is 0.313. The van der Waals surface area contributed by atoms with Gasteiger partial charge in [0.25, 0.3) is 0 Å². The van der Waals surface area contributed by atoms with E-state index in [1.807, 2.05) is 11.3 Å². The van der Waals surface area contributed by atoms with E-state index in [2.05, 4.69) is 31.2 Å². The molecule has 0 unspecified atom stereocenters. The van der Waals surface area contributed by atoms with Gasteiger partial charge >= 0.3 is 0 Å². The molecular weight excluding hydrogens is 214 g/mol. The molecule has 0 saturated heterocycles. The summed E-state index contributed by atoms with van der Waals surface area (Å²) in [5.41, 5.74) is 7.78. The van der Waals surface area contributed by atoms with Gasteiger partial charge in [0.1, 0.15) is 0 Å². The Kier molecular flexibility index (Phi) is 2.30. The van der Waals surface area contributed by atoms with Crippen molar-refractivity contribution in [2.24, 2.45) is 5.73 Å². The zero-order valence-corrected chi connectivity index (χ0v) is 10.4. The summed E-state index contributed by atoms with van der Waals surface area (Å²) in [5.74, 6) is 0. The number of rotatable bonds is 2. The maximum absolute atomic E-state index is 6.00. The van der Waals surface area contributed by atoms with Gasteiger partial charge in [-0.3, -0.25) is 0 Å². The first-order chi connectivity index (χ1) is 7.77. The lowest BCUT2D eigenvalue weighted by Gasteiger charge is -2.40. The van der Waals surface area contributed by atoms with E-state index < -0.39 is 0 Å². The fourth-order valence-electron chi connectivity index (χ4n) is 2.81. The van der Waals surface area contributed by atoms with Gasteiger partial charge in [-0.05, 0) is 36.8 Å². The van der Waals surface area contributed by atoms with Crippen LogP contribution in [0.4, 0.5) is 0 Å². The van der Waals surface area contributed by atoms with Gasteiger partial charge < -0.3 is 5.73 Å². The number of nitrogens with two attached hydrogens (primary N) is 1. The zero-order chi connectivity index (χ0) is 11.2. The Morgan fingerprint density at radius 2 is 2.06 bits per heavy atom. The molecule has 2 aromatic rings. The third-order valence-electron chi connectivity index (χ3n) is 4.03. The zero-order valence-electron chi connectivity index (χ0n) is 9.62. The molecule has 1 nitrogen and oxygen atoms in total. The molecule has 0 aliphatic heterocycles. The van der Waals surface area contributed by atoms with Crippen LogP contribution in [-0.2, 0) is 5.41 Å². The fourth-order valence-corrected chi connectivity index (χ4v) is 4.27. The first kappa shape index (κ1) is 10.3. The molecule has 0 amide bonds. The summed E-state index contributed by atoms with van der Waals surface area (Å²) in [7, 11) is 0. The Morgan fingerprint density at radius 3 is 2.62 bits per heavy atom. The number of benzene rings is 1. The Morgan fingerprint density at radius 1 is 1.31 bits per heavy atom. The molecule has 2 N–H and O–H groups in total. The fraction of sp³-hybridized carbons (Fsp3) is 0.429. The first-order valence-electron chi connectivity index (χ1n) is 5.95. The minimum Gasteiger partial charge on any atom is -0.330 e. The van der Waals surface area contributed by atoms with Crippen molar-refractivity contribution in [3.05, 3.63) is 34.7 Å². The summed E-state index contributed by atoms with van der Waals surface area (Å²) in [6.07, 6.45) is 3.89. The van der Waals surface area contributed by atoms with Gasteiger partial charge in [-0.1, -0.05) is 24.6 Å². The monoisotopic (exact) mass is 231 g/mol. The molecule has 2 heteroatoms. The van der Waals surface area contributed by atoms with Crippen molar-refractivity contribution in [1.29, 1.82) is 0 Å². The van der Waals surface area contributed by atoms with Crippen LogP contribution in [0.1, 0.15) is 29.7 Å². The van der Waals surface area contributed by atoms with Crippen LogP contribution < -0.4 is 5.73 Å². The second kappa shape index (κ2) is 3.57. The molecule has 16 heavy (non-hydrogen) atoms. The molecule has 0 atom stereocenters. The molecule has 84 valence electrons. The van der Waals surface area contributed by atoms with Crippen LogP contribution in [0.2, 0.25) is 0 Å². The highest BCUT2D eigenvalue weighted by Gasteiger charge is 2.39. The summed E-state index contributed by atoms with van der Waals surface area (Å²) in [6.45, 7) is 3.06. The van der Waals surface area contributed by atoms with Crippen LogP contribution in [-0.4, -0.2) is 6.54 Å². The Hall–Kier alpha value is -0.860. The second-order valence-electron chi connectivity index (χ2n) is 4.89. The van der Waals surface area contributed by atoms with Crippen molar-refractivity contribution in [2.45, 2.75) is 31.6 Å². The van der Waals surface area contributed by atoms with Crippen molar-refractivity contribution in [1.82, 2.24) is 0 Å². The molecule has 0 spiro atoms. The predicted molar refractivity (Wildman–Crippen MR) is 71.1 cm³/mol. The Labute approximate surface area is 100 Å². The lowest BCUT2D eigenvalue weighted by molar-refractivity contribution is 0.257. The number of thiophene rings is 1. The maximum atomic E-state index is 6.00. The van der Waals surface area contributed by atoms with Crippen LogP contribution in [0.3, 0.4) is 0 Å². The largest absolute Gasteiger partial charge is 0.330 e. The normalized spacial score (nSPS) is 18.6. The highest BCUT2D eigenvalue weighted by atomic mass is 32.1. The van der Waals surface area contributed by atoms with Gasteiger partial charge in [-0.25, -0.2) is 0 Å². The average Bonchev–Trinajstić information content (AvgIpc) is 2.57. The minimum atomic E-state index is 0.313. The van der Waals surface area contributed by atoms with Crippen LogP contribution in [0.5, 0.6) is 0 Å². The molecule has 1 aromatic carbocycles. The summed E-state index contributed by atoms with van der Waals surface area (Å²) >= 11 is 1.95. The van der Waals surface area contributed by atoms with E-state index in [9.17, 15) is 0 Å². The molecule has 1 saturated carbocycles. The molecule has 1 heterocycles. The molecule has 0 radical (unpaired) electrons. The molecule has 0 bridgehead atoms. The molecule has 1 aliphatic carbocycles. The molecular formula is C14H17NS. The van der Waals surface area contributed by atoms with Gasteiger partial charge in [0.2, 0.25) is 0 Å². The number of hydrogen-bond donors (Lipinski definition) is 1. The predicted octanol–water partition coefficient (Wildman–Crippen LogP) is 3.59. The first-order valence-corrected chi connectivity index (χ1v) is 6.77. The van der Waals surface area contributed by atoms with Gasteiger partial charge in [0.05, 0.1) is 0 Å². The highest BCUT2D eigenvalue weighted by molar-refractivity contribution is 7.19. The molecule has 3 rings (SSSR count). The van der Waals surface area contributed by atoms with E-state index in [1.165, 1.54) is 34.9 Å². The second-order valence-corrected chi connectivity index (χ2v) is 5.94. The lowest BCUT2D eigenvalue weighted by Crippen LogP contribution is -2.41. The van der Waals surface area contributed by atoms with Crippen molar-refractivity contribution < 1.29 is 0 Å². The lowest BCUT2D eigenvalue weighted by atomic mass is 9.67. The van der Waals surface area contributed by atoms with Crippen LogP contribution in [0.25, 0.3) is 10.1 Å². The maximum Gasteiger partial charge on any atom is 0.0348 e. The summed E-state index contributed by atoms with van der Waals surface area (Å²) < 4.78 is 1.41. The number of aryl methyl sites for hydroxylation is 1.